The Morgan fingerprint density at radius 1 is 1.00 bits per heavy atom. The van der Waals surface area contributed by atoms with Gasteiger partial charge in [0.05, 0.1) is 12.2 Å². The van der Waals surface area contributed by atoms with Crippen molar-refractivity contribution in [2.45, 2.75) is 13.0 Å². The minimum atomic E-state index is -0.304. The number of rotatable bonds is 5. The van der Waals surface area contributed by atoms with Gasteiger partial charge in [-0.3, -0.25) is 0 Å². The molecule has 1 heterocycles. The number of hydrogen-bond donors (Lipinski definition) is 1. The van der Waals surface area contributed by atoms with E-state index in [9.17, 15) is 4.39 Å². The molecule has 0 unspecified atom stereocenters. The second-order valence-corrected chi connectivity index (χ2v) is 4.60. The van der Waals surface area contributed by atoms with Crippen molar-refractivity contribution in [2.75, 3.05) is 5.32 Å². The van der Waals surface area contributed by atoms with Gasteiger partial charge in [0.2, 0.25) is 5.89 Å². The van der Waals surface area contributed by atoms with Gasteiger partial charge in [-0.2, -0.15) is 4.98 Å². The summed E-state index contributed by atoms with van der Waals surface area (Å²) in [6.45, 7) is 0.294. The SMILES string of the molecule is Fc1ccccc1NCc1nc(Cc2ccccc2)no1. The number of nitrogens with one attached hydrogen (secondary N) is 1. The van der Waals surface area contributed by atoms with Gasteiger partial charge in [-0.1, -0.05) is 47.6 Å². The van der Waals surface area contributed by atoms with Crippen LogP contribution >= 0.6 is 0 Å². The first kappa shape index (κ1) is 13.3. The number of halogens is 1. The number of nitrogens with zero attached hydrogens (tertiary/aromatic N) is 2. The lowest BCUT2D eigenvalue weighted by Crippen LogP contribution is -2.01. The normalized spacial score (nSPS) is 10.5. The molecule has 0 amide bonds. The zero-order valence-electron chi connectivity index (χ0n) is 11.3. The van der Waals surface area contributed by atoms with Gasteiger partial charge < -0.3 is 9.84 Å². The van der Waals surface area contributed by atoms with E-state index in [0.29, 0.717) is 30.4 Å². The van der Waals surface area contributed by atoms with Crippen LogP contribution in [0.1, 0.15) is 17.3 Å². The third kappa shape index (κ3) is 3.45. The molecule has 0 bridgehead atoms. The molecule has 3 aromatic rings. The summed E-state index contributed by atoms with van der Waals surface area (Å²) in [4.78, 5) is 4.29. The summed E-state index contributed by atoms with van der Waals surface area (Å²) >= 11 is 0. The molecule has 1 aromatic heterocycles. The quantitative estimate of drug-likeness (QED) is 0.779. The molecule has 21 heavy (non-hydrogen) atoms. The Morgan fingerprint density at radius 3 is 2.57 bits per heavy atom. The highest BCUT2D eigenvalue weighted by Crippen LogP contribution is 2.13. The van der Waals surface area contributed by atoms with Crippen molar-refractivity contribution in [3.63, 3.8) is 0 Å². The van der Waals surface area contributed by atoms with E-state index in [1.165, 1.54) is 6.07 Å². The van der Waals surface area contributed by atoms with Gasteiger partial charge in [-0.15, -0.1) is 0 Å². The van der Waals surface area contributed by atoms with E-state index in [0.717, 1.165) is 5.56 Å². The summed E-state index contributed by atoms with van der Waals surface area (Å²) in [5.41, 5.74) is 1.53. The van der Waals surface area contributed by atoms with Crippen molar-refractivity contribution in [1.29, 1.82) is 0 Å². The smallest absolute Gasteiger partial charge is 0.245 e. The number of para-hydroxylation sites is 1. The van der Waals surface area contributed by atoms with Gasteiger partial charge in [0.15, 0.2) is 5.82 Å². The Bertz CT molecular complexity index is 712. The maximum atomic E-state index is 13.5. The van der Waals surface area contributed by atoms with Crippen LogP contribution in [-0.2, 0) is 13.0 Å². The van der Waals surface area contributed by atoms with E-state index in [4.69, 9.17) is 4.52 Å². The van der Waals surface area contributed by atoms with Gasteiger partial charge in [0, 0.05) is 6.42 Å². The topological polar surface area (TPSA) is 51.0 Å². The zero-order valence-corrected chi connectivity index (χ0v) is 11.3. The molecule has 106 valence electrons. The summed E-state index contributed by atoms with van der Waals surface area (Å²) in [6, 6.07) is 16.4. The van der Waals surface area contributed by atoms with Gasteiger partial charge in [0.25, 0.3) is 0 Å². The van der Waals surface area contributed by atoms with E-state index < -0.39 is 0 Å². The lowest BCUT2D eigenvalue weighted by atomic mass is 10.1. The van der Waals surface area contributed by atoms with Crippen LogP contribution in [0.4, 0.5) is 10.1 Å². The van der Waals surface area contributed by atoms with Crippen LogP contribution in [0.25, 0.3) is 0 Å². The van der Waals surface area contributed by atoms with E-state index in [1.807, 2.05) is 30.3 Å². The Kier molecular flexibility index (Phi) is 3.91. The molecule has 5 heteroatoms. The summed E-state index contributed by atoms with van der Waals surface area (Å²) < 4.78 is 18.6. The predicted molar refractivity (Wildman–Crippen MR) is 77.3 cm³/mol. The third-order valence-electron chi connectivity index (χ3n) is 3.02. The molecule has 0 aliphatic rings. The van der Waals surface area contributed by atoms with Crippen molar-refractivity contribution in [1.82, 2.24) is 10.1 Å². The molecular formula is C16H14FN3O. The van der Waals surface area contributed by atoms with Crippen molar-refractivity contribution in [3.8, 4) is 0 Å². The van der Waals surface area contributed by atoms with Crippen LogP contribution in [0.5, 0.6) is 0 Å². The first-order valence-electron chi connectivity index (χ1n) is 6.65. The minimum absolute atomic E-state index is 0.294. The largest absolute Gasteiger partial charge is 0.374 e. The molecule has 3 rings (SSSR count). The molecule has 1 N–H and O–H groups in total. The Labute approximate surface area is 121 Å². The fraction of sp³-hybridized carbons (Fsp3) is 0.125. The molecule has 0 saturated heterocycles. The number of anilines is 1. The first-order valence-corrected chi connectivity index (χ1v) is 6.65. The highest BCUT2D eigenvalue weighted by molar-refractivity contribution is 5.44. The third-order valence-corrected chi connectivity index (χ3v) is 3.02. The molecule has 4 nitrogen and oxygen atoms in total. The van der Waals surface area contributed by atoms with Crippen molar-refractivity contribution in [3.05, 3.63) is 77.7 Å². The van der Waals surface area contributed by atoms with Crippen LogP contribution in [0.3, 0.4) is 0 Å². The fourth-order valence-electron chi connectivity index (χ4n) is 1.99. The summed E-state index contributed by atoms with van der Waals surface area (Å²) in [5, 5.41) is 6.86. The second-order valence-electron chi connectivity index (χ2n) is 4.60. The molecule has 0 saturated carbocycles. The van der Waals surface area contributed by atoms with Crippen molar-refractivity contribution in [2.24, 2.45) is 0 Å². The average Bonchev–Trinajstić information content (AvgIpc) is 2.95. The first-order chi connectivity index (χ1) is 10.3. The van der Waals surface area contributed by atoms with Crippen LogP contribution in [0, 0.1) is 5.82 Å². The highest BCUT2D eigenvalue weighted by atomic mass is 19.1. The van der Waals surface area contributed by atoms with Gasteiger partial charge in [-0.05, 0) is 17.7 Å². The number of aromatic nitrogens is 2. The minimum Gasteiger partial charge on any atom is -0.374 e. The Balaban J connectivity index is 1.62. The Hall–Kier alpha value is -2.69. The average molecular weight is 283 g/mol. The summed E-state index contributed by atoms with van der Waals surface area (Å²) in [5.74, 6) is 0.747. The molecule has 0 spiro atoms. The fourth-order valence-corrected chi connectivity index (χ4v) is 1.99. The van der Waals surface area contributed by atoms with E-state index in [-0.39, 0.29) is 5.82 Å². The molecule has 0 atom stereocenters. The number of hydrogen-bond acceptors (Lipinski definition) is 4. The molecule has 0 aliphatic carbocycles. The van der Waals surface area contributed by atoms with E-state index in [2.05, 4.69) is 15.5 Å². The predicted octanol–water partition coefficient (Wildman–Crippen LogP) is 3.41. The molecule has 0 aliphatic heterocycles. The van der Waals surface area contributed by atoms with Crippen LogP contribution in [0.15, 0.2) is 59.1 Å². The molecule has 0 fully saturated rings. The van der Waals surface area contributed by atoms with E-state index >= 15 is 0 Å². The highest BCUT2D eigenvalue weighted by Gasteiger charge is 2.08. The lowest BCUT2D eigenvalue weighted by Gasteiger charge is -2.03. The second kappa shape index (κ2) is 6.17. The lowest BCUT2D eigenvalue weighted by molar-refractivity contribution is 0.378. The zero-order chi connectivity index (χ0) is 14.5. The standard InChI is InChI=1S/C16H14FN3O/c17-13-8-4-5-9-14(13)18-11-16-19-15(20-21-16)10-12-6-2-1-3-7-12/h1-9,18H,10-11H2. The maximum Gasteiger partial charge on any atom is 0.245 e. The Morgan fingerprint density at radius 2 is 1.76 bits per heavy atom. The van der Waals surface area contributed by atoms with Crippen molar-refractivity contribution >= 4 is 5.69 Å². The number of benzene rings is 2. The van der Waals surface area contributed by atoms with Gasteiger partial charge >= 0.3 is 0 Å². The van der Waals surface area contributed by atoms with Crippen molar-refractivity contribution < 1.29 is 8.91 Å². The van der Waals surface area contributed by atoms with E-state index in [1.54, 1.807) is 18.2 Å². The van der Waals surface area contributed by atoms with Crippen LogP contribution < -0.4 is 5.32 Å². The molecular weight excluding hydrogens is 269 g/mol. The summed E-state index contributed by atoms with van der Waals surface area (Å²) in [7, 11) is 0. The van der Waals surface area contributed by atoms with Gasteiger partial charge in [0.1, 0.15) is 5.82 Å². The molecule has 0 radical (unpaired) electrons. The maximum absolute atomic E-state index is 13.5. The summed E-state index contributed by atoms with van der Waals surface area (Å²) in [6.07, 6.45) is 0.615. The van der Waals surface area contributed by atoms with Gasteiger partial charge in [-0.25, -0.2) is 4.39 Å². The monoisotopic (exact) mass is 283 g/mol. The van der Waals surface area contributed by atoms with Crippen LogP contribution in [-0.4, -0.2) is 10.1 Å². The van der Waals surface area contributed by atoms with Crippen LogP contribution in [0.2, 0.25) is 0 Å². The molecule has 2 aromatic carbocycles.